The molecule has 1 atom stereocenters. The fourth-order valence-corrected chi connectivity index (χ4v) is 1.15. The topological polar surface area (TPSA) is 84.9 Å². The molecule has 1 amide bonds. The van der Waals surface area contributed by atoms with E-state index < -0.39 is 23.7 Å². The smallest absolute Gasteiger partial charge is 0.408 e. The van der Waals surface area contributed by atoms with Gasteiger partial charge in [0.15, 0.2) is 0 Å². The second-order valence-corrected chi connectivity index (χ2v) is 4.94. The van der Waals surface area contributed by atoms with Crippen molar-refractivity contribution in [3.05, 3.63) is 0 Å². The molecule has 0 saturated carbocycles. The van der Waals surface area contributed by atoms with Gasteiger partial charge in [0.05, 0.1) is 0 Å². The van der Waals surface area contributed by atoms with E-state index in [-0.39, 0.29) is 6.42 Å². The molecule has 0 spiro atoms. The van der Waals surface area contributed by atoms with E-state index in [1.165, 1.54) is 0 Å². The van der Waals surface area contributed by atoms with Crippen LogP contribution in [0.5, 0.6) is 0 Å². The summed E-state index contributed by atoms with van der Waals surface area (Å²) in [6.45, 7) is 7.99. The number of aliphatic carboxylic acids is 1. The van der Waals surface area contributed by atoms with Crippen LogP contribution in [0.25, 0.3) is 0 Å². The highest BCUT2D eigenvalue weighted by Gasteiger charge is 2.23. The number of rotatable bonds is 7. The fraction of sp³-hybridized carbons (Fsp3) is 0.833. The summed E-state index contributed by atoms with van der Waals surface area (Å²) < 4.78 is 10.2. The first-order valence-corrected chi connectivity index (χ1v) is 6.06. The largest absolute Gasteiger partial charge is 0.480 e. The summed E-state index contributed by atoms with van der Waals surface area (Å²) in [6.07, 6.45) is 0.358. The van der Waals surface area contributed by atoms with Crippen molar-refractivity contribution in [1.29, 1.82) is 0 Å². The van der Waals surface area contributed by atoms with Crippen molar-refractivity contribution in [1.82, 2.24) is 5.32 Å². The lowest BCUT2D eigenvalue weighted by Gasteiger charge is -2.21. The normalized spacial score (nSPS) is 12.9. The molecule has 0 bridgehead atoms. The minimum atomic E-state index is -1.10. The van der Waals surface area contributed by atoms with Gasteiger partial charge in [-0.05, 0) is 27.2 Å². The van der Waals surface area contributed by atoms with Crippen molar-refractivity contribution in [2.24, 2.45) is 0 Å². The third kappa shape index (κ3) is 8.81. The van der Waals surface area contributed by atoms with Crippen LogP contribution < -0.4 is 5.32 Å². The Morgan fingerprint density at radius 3 is 2.33 bits per heavy atom. The van der Waals surface area contributed by atoms with Crippen LogP contribution in [0.3, 0.4) is 0 Å². The van der Waals surface area contributed by atoms with Crippen LogP contribution in [-0.2, 0) is 14.3 Å². The molecule has 0 radical (unpaired) electrons. The lowest BCUT2D eigenvalue weighted by Crippen LogP contribution is -2.44. The number of ether oxygens (including phenoxy) is 2. The van der Waals surface area contributed by atoms with E-state index in [9.17, 15) is 9.59 Å². The Balaban J connectivity index is 4.11. The van der Waals surface area contributed by atoms with Gasteiger partial charge in [0, 0.05) is 19.6 Å². The average molecular weight is 261 g/mol. The molecule has 0 aromatic heterocycles. The minimum Gasteiger partial charge on any atom is -0.480 e. The maximum atomic E-state index is 11.4. The van der Waals surface area contributed by atoms with E-state index >= 15 is 0 Å². The van der Waals surface area contributed by atoms with Crippen LogP contribution in [0.15, 0.2) is 0 Å². The molecule has 0 rings (SSSR count). The zero-order valence-corrected chi connectivity index (χ0v) is 11.5. The molecule has 0 aliphatic carbocycles. The van der Waals surface area contributed by atoms with E-state index in [0.29, 0.717) is 13.2 Å². The van der Waals surface area contributed by atoms with E-state index in [0.717, 1.165) is 6.42 Å². The Morgan fingerprint density at radius 2 is 1.89 bits per heavy atom. The molecule has 18 heavy (non-hydrogen) atoms. The number of alkyl carbamates (subject to hydrolysis) is 1. The van der Waals surface area contributed by atoms with Gasteiger partial charge in [-0.25, -0.2) is 9.59 Å². The predicted octanol–water partition coefficient (Wildman–Crippen LogP) is 1.78. The van der Waals surface area contributed by atoms with Gasteiger partial charge in [0.1, 0.15) is 11.6 Å². The molecule has 0 unspecified atom stereocenters. The number of carbonyl (C=O) groups excluding carboxylic acids is 1. The highest BCUT2D eigenvalue weighted by molar-refractivity contribution is 5.79. The highest BCUT2D eigenvalue weighted by atomic mass is 16.6. The van der Waals surface area contributed by atoms with Gasteiger partial charge in [-0.3, -0.25) is 0 Å². The van der Waals surface area contributed by atoms with E-state index in [1.54, 1.807) is 20.8 Å². The van der Waals surface area contributed by atoms with Gasteiger partial charge < -0.3 is 19.9 Å². The Morgan fingerprint density at radius 1 is 1.28 bits per heavy atom. The van der Waals surface area contributed by atoms with Crippen LogP contribution in [0.1, 0.15) is 40.5 Å². The third-order valence-corrected chi connectivity index (χ3v) is 1.89. The fourth-order valence-electron chi connectivity index (χ4n) is 1.15. The number of carboxylic acids is 1. The van der Waals surface area contributed by atoms with Crippen molar-refractivity contribution in [3.8, 4) is 0 Å². The second kappa shape index (κ2) is 7.92. The van der Waals surface area contributed by atoms with Gasteiger partial charge in [-0.15, -0.1) is 0 Å². The molecule has 6 nitrogen and oxygen atoms in total. The predicted molar refractivity (Wildman–Crippen MR) is 66.5 cm³/mol. The molecule has 0 saturated heterocycles. The standard InChI is InChI=1S/C12H23NO5/c1-5-7-17-8-6-9(10(14)15)13-11(16)18-12(2,3)4/h9H,5-8H2,1-4H3,(H,13,16)(H,14,15)/t9-/m0/s1. The summed E-state index contributed by atoms with van der Waals surface area (Å²) in [6, 6.07) is -0.989. The minimum absolute atomic E-state index is 0.217. The zero-order chi connectivity index (χ0) is 14.2. The molecule has 106 valence electrons. The van der Waals surface area contributed by atoms with Crippen molar-refractivity contribution in [2.45, 2.75) is 52.2 Å². The molecule has 0 aromatic rings. The zero-order valence-electron chi connectivity index (χ0n) is 11.5. The van der Waals surface area contributed by atoms with Crippen LogP contribution in [0.4, 0.5) is 4.79 Å². The average Bonchev–Trinajstić information content (AvgIpc) is 2.19. The lowest BCUT2D eigenvalue weighted by molar-refractivity contribution is -0.140. The lowest BCUT2D eigenvalue weighted by atomic mass is 10.2. The monoisotopic (exact) mass is 261 g/mol. The first-order valence-electron chi connectivity index (χ1n) is 6.06. The van der Waals surface area contributed by atoms with Gasteiger partial charge in [-0.1, -0.05) is 6.92 Å². The first-order chi connectivity index (χ1) is 8.26. The number of amides is 1. The maximum Gasteiger partial charge on any atom is 0.408 e. The summed E-state index contributed by atoms with van der Waals surface area (Å²) in [5.74, 6) is -1.10. The van der Waals surface area contributed by atoms with Crippen LogP contribution in [0.2, 0.25) is 0 Å². The van der Waals surface area contributed by atoms with Crippen molar-refractivity contribution < 1.29 is 24.2 Å². The number of hydrogen-bond acceptors (Lipinski definition) is 4. The quantitative estimate of drug-likeness (QED) is 0.682. The van der Waals surface area contributed by atoms with Gasteiger partial charge in [0.25, 0.3) is 0 Å². The number of nitrogens with one attached hydrogen (secondary N) is 1. The van der Waals surface area contributed by atoms with Crippen LogP contribution >= 0.6 is 0 Å². The van der Waals surface area contributed by atoms with Crippen LogP contribution in [-0.4, -0.2) is 42.0 Å². The SMILES string of the molecule is CCCOCC[C@H](NC(=O)OC(C)(C)C)C(=O)O. The Kier molecular flexibility index (Phi) is 7.35. The second-order valence-electron chi connectivity index (χ2n) is 4.94. The van der Waals surface area contributed by atoms with Gasteiger partial charge in [-0.2, -0.15) is 0 Å². The van der Waals surface area contributed by atoms with Gasteiger partial charge >= 0.3 is 12.1 Å². The van der Waals surface area contributed by atoms with Crippen molar-refractivity contribution in [2.75, 3.05) is 13.2 Å². The van der Waals surface area contributed by atoms with E-state index in [2.05, 4.69) is 5.32 Å². The summed E-state index contributed by atoms with van der Waals surface area (Å²) in [5.41, 5.74) is -0.647. The summed E-state index contributed by atoms with van der Waals surface area (Å²) >= 11 is 0. The highest BCUT2D eigenvalue weighted by Crippen LogP contribution is 2.07. The summed E-state index contributed by atoms with van der Waals surface area (Å²) in [5, 5.41) is 11.3. The third-order valence-electron chi connectivity index (χ3n) is 1.89. The first kappa shape index (κ1) is 16.7. The number of hydrogen-bond donors (Lipinski definition) is 2. The van der Waals surface area contributed by atoms with Crippen molar-refractivity contribution in [3.63, 3.8) is 0 Å². The number of carbonyl (C=O) groups is 2. The summed E-state index contributed by atoms with van der Waals surface area (Å²) in [7, 11) is 0. The Labute approximate surface area is 108 Å². The molecule has 0 aliphatic heterocycles. The molecular formula is C12H23NO5. The van der Waals surface area contributed by atoms with Gasteiger partial charge in [0.2, 0.25) is 0 Å². The summed E-state index contributed by atoms with van der Waals surface area (Å²) in [4.78, 5) is 22.4. The molecule has 0 fully saturated rings. The molecule has 0 aromatic carbocycles. The molecular weight excluding hydrogens is 238 g/mol. The Hall–Kier alpha value is -1.30. The van der Waals surface area contributed by atoms with Crippen molar-refractivity contribution >= 4 is 12.1 Å². The Bertz CT molecular complexity index is 272. The number of carboxylic acid groups (broad SMARTS) is 1. The molecule has 0 heterocycles. The maximum absolute atomic E-state index is 11.4. The molecule has 0 aliphatic rings. The molecule has 6 heteroatoms. The van der Waals surface area contributed by atoms with E-state index in [4.69, 9.17) is 14.6 Å². The van der Waals surface area contributed by atoms with Crippen LogP contribution in [0, 0.1) is 0 Å². The molecule has 2 N–H and O–H groups in total. The van der Waals surface area contributed by atoms with E-state index in [1.807, 2.05) is 6.92 Å².